The number of hydrogen-bond donors (Lipinski definition) is 2. The SMILES string of the molecule is CC(C)(C)[Si](C)(C)OCC(/C=C/C(=O)O)C(O)[Si](C)(C)C(C)(C)C. The molecule has 0 aromatic rings. The Balaban J connectivity index is 5.46. The predicted molar refractivity (Wildman–Crippen MR) is 107 cm³/mol. The second-order valence-electron chi connectivity index (χ2n) is 9.85. The van der Waals surface area contributed by atoms with Crippen LogP contribution in [0.3, 0.4) is 0 Å². The van der Waals surface area contributed by atoms with Crippen molar-refractivity contribution in [1.29, 1.82) is 0 Å². The highest BCUT2D eigenvalue weighted by molar-refractivity contribution is 6.81. The maximum Gasteiger partial charge on any atom is 0.327 e. The van der Waals surface area contributed by atoms with Gasteiger partial charge in [0.2, 0.25) is 0 Å². The molecule has 4 nitrogen and oxygen atoms in total. The zero-order valence-corrected chi connectivity index (χ0v) is 19.2. The van der Waals surface area contributed by atoms with Crippen molar-refractivity contribution in [3.05, 3.63) is 12.2 Å². The van der Waals surface area contributed by atoms with Crippen LogP contribution in [0.15, 0.2) is 12.2 Å². The van der Waals surface area contributed by atoms with E-state index in [0.29, 0.717) is 6.61 Å². The lowest BCUT2D eigenvalue weighted by Crippen LogP contribution is -2.54. The van der Waals surface area contributed by atoms with Crippen molar-refractivity contribution in [2.24, 2.45) is 5.92 Å². The molecule has 0 heterocycles. The lowest BCUT2D eigenvalue weighted by atomic mass is 10.1. The summed E-state index contributed by atoms with van der Waals surface area (Å²) < 4.78 is 6.27. The van der Waals surface area contributed by atoms with Gasteiger partial charge in [0.15, 0.2) is 8.32 Å². The fourth-order valence-electron chi connectivity index (χ4n) is 1.96. The lowest BCUT2D eigenvalue weighted by Gasteiger charge is -2.44. The van der Waals surface area contributed by atoms with Gasteiger partial charge >= 0.3 is 5.97 Å². The van der Waals surface area contributed by atoms with Crippen molar-refractivity contribution in [3.8, 4) is 0 Å². The zero-order chi connectivity index (χ0) is 19.6. The molecule has 2 atom stereocenters. The Labute approximate surface area is 150 Å². The molecule has 2 N–H and O–H groups in total. The monoisotopic (exact) mass is 374 g/mol. The average Bonchev–Trinajstić information content (AvgIpc) is 2.34. The minimum Gasteiger partial charge on any atom is -0.478 e. The molecule has 0 aliphatic heterocycles. The van der Waals surface area contributed by atoms with Gasteiger partial charge in [0.1, 0.15) is 0 Å². The van der Waals surface area contributed by atoms with Gasteiger partial charge in [-0.15, -0.1) is 0 Å². The number of aliphatic hydroxyl groups excluding tert-OH is 1. The maximum absolute atomic E-state index is 11.0. The molecule has 6 heteroatoms. The van der Waals surface area contributed by atoms with E-state index in [-0.39, 0.29) is 16.0 Å². The highest BCUT2D eigenvalue weighted by Gasteiger charge is 2.45. The number of carbonyl (C=O) groups is 1. The van der Waals surface area contributed by atoms with Crippen molar-refractivity contribution in [2.75, 3.05) is 6.61 Å². The number of aliphatic hydroxyl groups is 1. The number of rotatable bonds is 7. The Morgan fingerprint density at radius 1 is 1.04 bits per heavy atom. The average molecular weight is 375 g/mol. The highest BCUT2D eigenvalue weighted by atomic mass is 28.4. The molecule has 0 aliphatic carbocycles. The predicted octanol–water partition coefficient (Wildman–Crippen LogP) is 4.67. The third-order valence-electron chi connectivity index (χ3n) is 6.01. The molecule has 0 aromatic heterocycles. The van der Waals surface area contributed by atoms with Crippen LogP contribution in [0.2, 0.25) is 36.3 Å². The quantitative estimate of drug-likeness (QED) is 0.502. The van der Waals surface area contributed by atoms with E-state index < -0.39 is 28.1 Å². The first-order valence-corrected chi connectivity index (χ1v) is 14.6. The second kappa shape index (κ2) is 7.85. The number of aliphatic carboxylic acids is 1. The minimum absolute atomic E-state index is 0.0126. The standard InChI is InChI=1S/C18H38O4Si2/c1-17(2,3)23(7,8)16(21)14(11-12-15(19)20)13-22-24(9,10)18(4,5)6/h11-12,14,16,21H,13H2,1-10H3,(H,19,20)/b12-11+. The molecular weight excluding hydrogens is 336 g/mol. The van der Waals surface area contributed by atoms with Crippen LogP contribution in [0.4, 0.5) is 0 Å². The van der Waals surface area contributed by atoms with Gasteiger partial charge < -0.3 is 14.6 Å². The first-order valence-electron chi connectivity index (χ1n) is 8.66. The van der Waals surface area contributed by atoms with Crippen LogP contribution in [0.5, 0.6) is 0 Å². The van der Waals surface area contributed by atoms with Crippen molar-refractivity contribution in [3.63, 3.8) is 0 Å². The van der Waals surface area contributed by atoms with Crippen molar-refractivity contribution in [1.82, 2.24) is 0 Å². The Morgan fingerprint density at radius 3 is 1.83 bits per heavy atom. The summed E-state index contributed by atoms with van der Waals surface area (Å²) in [5.74, 6) is -1.29. The van der Waals surface area contributed by atoms with Crippen LogP contribution in [-0.4, -0.2) is 44.9 Å². The molecule has 0 aromatic carbocycles. The Bertz CT molecular complexity index is 457. The Hall–Kier alpha value is -0.436. The molecule has 2 unspecified atom stereocenters. The molecule has 0 fully saturated rings. The minimum atomic E-state index is -2.04. The summed E-state index contributed by atoms with van der Waals surface area (Å²) in [5.41, 5.74) is -0.558. The normalized spacial score (nSPS) is 17.1. The summed E-state index contributed by atoms with van der Waals surface area (Å²) in [6, 6.07) is 0. The largest absolute Gasteiger partial charge is 0.478 e. The van der Waals surface area contributed by atoms with Gasteiger partial charge in [0.05, 0.1) is 13.8 Å². The maximum atomic E-state index is 11.0. The summed E-state index contributed by atoms with van der Waals surface area (Å²) in [7, 11) is -3.99. The molecular formula is C18H38O4Si2. The summed E-state index contributed by atoms with van der Waals surface area (Å²) >= 11 is 0. The molecule has 142 valence electrons. The van der Waals surface area contributed by atoms with Crippen LogP contribution in [0, 0.1) is 5.92 Å². The molecule has 0 bridgehead atoms. The molecule has 0 aliphatic rings. The van der Waals surface area contributed by atoms with E-state index in [0.717, 1.165) is 6.08 Å². The molecule has 0 amide bonds. The van der Waals surface area contributed by atoms with Crippen LogP contribution < -0.4 is 0 Å². The van der Waals surface area contributed by atoms with E-state index >= 15 is 0 Å². The Kier molecular flexibility index (Phi) is 7.71. The summed E-state index contributed by atoms with van der Waals surface area (Å²) in [6.07, 6.45) is 2.75. The molecule has 0 spiro atoms. The molecule has 0 saturated carbocycles. The smallest absolute Gasteiger partial charge is 0.327 e. The number of carboxylic acids is 1. The number of hydrogen-bond acceptors (Lipinski definition) is 3. The third kappa shape index (κ3) is 6.13. The van der Waals surface area contributed by atoms with E-state index in [2.05, 4.69) is 67.7 Å². The summed E-state index contributed by atoms with van der Waals surface area (Å²) in [6.45, 7) is 22.0. The van der Waals surface area contributed by atoms with Gasteiger partial charge in [-0.05, 0) is 23.2 Å². The van der Waals surface area contributed by atoms with E-state index in [9.17, 15) is 9.90 Å². The fourth-order valence-corrected chi connectivity index (χ4v) is 5.16. The molecule has 24 heavy (non-hydrogen) atoms. The van der Waals surface area contributed by atoms with Crippen LogP contribution >= 0.6 is 0 Å². The van der Waals surface area contributed by atoms with Gasteiger partial charge in [-0.1, -0.05) is 60.7 Å². The summed E-state index contributed by atoms with van der Waals surface area (Å²) in [4.78, 5) is 10.9. The second-order valence-corrected chi connectivity index (χ2v) is 20.2. The van der Waals surface area contributed by atoms with Crippen LogP contribution in [-0.2, 0) is 9.22 Å². The molecule has 0 radical (unpaired) electrons. The van der Waals surface area contributed by atoms with Gasteiger partial charge in [0.25, 0.3) is 0 Å². The van der Waals surface area contributed by atoms with E-state index in [4.69, 9.17) is 9.53 Å². The first kappa shape index (κ1) is 23.6. The third-order valence-corrected chi connectivity index (χ3v) is 16.3. The van der Waals surface area contributed by atoms with E-state index in [1.54, 1.807) is 6.08 Å². The van der Waals surface area contributed by atoms with E-state index in [1.165, 1.54) is 0 Å². The van der Waals surface area contributed by atoms with Gasteiger partial charge in [-0.25, -0.2) is 4.79 Å². The van der Waals surface area contributed by atoms with Crippen molar-refractivity contribution in [2.45, 2.75) is 83.5 Å². The van der Waals surface area contributed by atoms with Gasteiger partial charge in [-0.3, -0.25) is 0 Å². The van der Waals surface area contributed by atoms with E-state index in [1.807, 2.05) is 0 Å². The lowest BCUT2D eigenvalue weighted by molar-refractivity contribution is -0.131. The van der Waals surface area contributed by atoms with Crippen LogP contribution in [0.1, 0.15) is 41.5 Å². The topological polar surface area (TPSA) is 66.8 Å². The zero-order valence-electron chi connectivity index (χ0n) is 17.2. The van der Waals surface area contributed by atoms with Gasteiger partial charge in [-0.2, -0.15) is 0 Å². The van der Waals surface area contributed by atoms with Crippen molar-refractivity contribution < 1.29 is 19.4 Å². The Morgan fingerprint density at radius 2 is 1.50 bits per heavy atom. The van der Waals surface area contributed by atoms with Gasteiger partial charge in [0, 0.05) is 18.6 Å². The molecule has 0 saturated heterocycles. The fraction of sp³-hybridized carbons (Fsp3) is 0.833. The number of carboxylic acid groups (broad SMARTS) is 1. The summed E-state index contributed by atoms with van der Waals surface area (Å²) in [5, 5.41) is 20.1. The molecule has 0 rings (SSSR count). The van der Waals surface area contributed by atoms with Crippen molar-refractivity contribution >= 4 is 22.4 Å². The first-order chi connectivity index (χ1) is 10.4. The highest BCUT2D eigenvalue weighted by Crippen LogP contribution is 2.41. The van der Waals surface area contributed by atoms with Crippen LogP contribution in [0.25, 0.3) is 0 Å².